The molecule has 0 bridgehead atoms. The third-order valence-electron chi connectivity index (χ3n) is 12.4. The number of hydrogen-bond acceptors (Lipinski definition) is 7. The number of carbonyl (C=O) groups excluding carboxylic acids is 2. The topological polar surface area (TPSA) is 108 Å². The Morgan fingerprint density at radius 1 is 0.429 bits per heavy atom. The van der Waals surface area contributed by atoms with E-state index in [1.165, 1.54) is 212 Å². The molecule has 0 aromatic carbocycles. The van der Waals surface area contributed by atoms with Gasteiger partial charge in [0.15, 0.2) is 6.10 Å². The third kappa shape index (κ3) is 50.3. The standard InChI is InChI=1S/C53H106NO8P/c1-6-8-10-12-14-16-18-20-22-24-26-27-28-30-31-33-35-37-39-41-43-45-52(55)59-49-51(50-61-63(57,58)60-48-47-54(3,4)5)62-53(56)46-44-42-40-38-36-34-32-29-25-23-21-19-17-15-13-11-9-7-2/h51H,6-50H2,1-5H3/p+1. The maximum atomic E-state index is 12.8. The number of phosphoric acid groups is 1. The van der Waals surface area contributed by atoms with E-state index in [1.807, 2.05) is 21.1 Å². The average molecular weight is 917 g/mol. The van der Waals surface area contributed by atoms with Crippen LogP contribution in [0, 0.1) is 0 Å². The summed E-state index contributed by atoms with van der Waals surface area (Å²) in [5, 5.41) is 0. The first-order chi connectivity index (χ1) is 30.5. The highest BCUT2D eigenvalue weighted by Crippen LogP contribution is 2.43. The van der Waals surface area contributed by atoms with Gasteiger partial charge in [-0.15, -0.1) is 0 Å². The van der Waals surface area contributed by atoms with Gasteiger partial charge in [0.05, 0.1) is 27.7 Å². The number of phosphoric ester groups is 1. The molecule has 376 valence electrons. The SMILES string of the molecule is CCCCCCCCCCCCCCCCCCCCCCCC(=O)OCC(COP(=O)(O)OCC[N+](C)(C)C)OC(=O)CCCCCCCCCCCCCCCCCCCC. The van der Waals surface area contributed by atoms with Gasteiger partial charge in [0.1, 0.15) is 19.8 Å². The van der Waals surface area contributed by atoms with Crippen molar-refractivity contribution < 1.29 is 42.1 Å². The molecule has 0 aromatic rings. The zero-order chi connectivity index (χ0) is 46.4. The molecule has 0 aliphatic heterocycles. The minimum atomic E-state index is -4.37. The highest BCUT2D eigenvalue weighted by molar-refractivity contribution is 7.47. The Morgan fingerprint density at radius 2 is 0.714 bits per heavy atom. The molecule has 0 radical (unpaired) electrons. The van der Waals surface area contributed by atoms with Gasteiger partial charge < -0.3 is 18.9 Å². The van der Waals surface area contributed by atoms with E-state index in [1.54, 1.807) is 0 Å². The number of unbranched alkanes of at least 4 members (excludes halogenated alkanes) is 37. The summed E-state index contributed by atoms with van der Waals surface area (Å²) < 4.78 is 34.5. The number of rotatable bonds is 51. The molecular formula is C53H107NO8P+. The van der Waals surface area contributed by atoms with Gasteiger partial charge in [0.2, 0.25) is 0 Å². The first-order valence-corrected chi connectivity index (χ1v) is 28.8. The lowest BCUT2D eigenvalue weighted by atomic mass is 10.0. The van der Waals surface area contributed by atoms with E-state index in [9.17, 15) is 19.0 Å². The Kier molecular flexibility index (Phi) is 45.4. The molecule has 1 N–H and O–H groups in total. The molecule has 0 saturated heterocycles. The van der Waals surface area contributed by atoms with E-state index >= 15 is 0 Å². The Morgan fingerprint density at radius 3 is 1.02 bits per heavy atom. The molecule has 0 aliphatic rings. The molecule has 0 heterocycles. The summed E-state index contributed by atoms with van der Waals surface area (Å²) in [4.78, 5) is 35.6. The Balaban J connectivity index is 4.15. The van der Waals surface area contributed by atoms with Crippen LogP contribution in [0.25, 0.3) is 0 Å². The van der Waals surface area contributed by atoms with Crippen LogP contribution in [-0.2, 0) is 32.7 Å². The Hall–Kier alpha value is -0.990. The largest absolute Gasteiger partial charge is 0.472 e. The fourth-order valence-corrected chi connectivity index (χ4v) is 8.88. The zero-order valence-corrected chi connectivity index (χ0v) is 43.5. The molecule has 9 nitrogen and oxygen atoms in total. The molecule has 63 heavy (non-hydrogen) atoms. The average Bonchev–Trinajstić information content (AvgIpc) is 3.24. The summed E-state index contributed by atoms with van der Waals surface area (Å²) in [5.41, 5.74) is 0. The van der Waals surface area contributed by atoms with Gasteiger partial charge in [0, 0.05) is 12.8 Å². The van der Waals surface area contributed by atoms with Crippen molar-refractivity contribution in [2.24, 2.45) is 0 Å². The van der Waals surface area contributed by atoms with Crippen molar-refractivity contribution in [1.29, 1.82) is 0 Å². The van der Waals surface area contributed by atoms with Crippen LogP contribution >= 0.6 is 7.82 Å². The van der Waals surface area contributed by atoms with Gasteiger partial charge in [-0.1, -0.05) is 251 Å². The normalized spacial score (nSPS) is 13.3. The van der Waals surface area contributed by atoms with Crippen LogP contribution in [-0.4, -0.2) is 74.9 Å². The molecular weight excluding hydrogens is 810 g/mol. The van der Waals surface area contributed by atoms with E-state index in [0.717, 1.165) is 38.5 Å². The van der Waals surface area contributed by atoms with Gasteiger partial charge in [-0.2, -0.15) is 0 Å². The molecule has 0 saturated carbocycles. The first kappa shape index (κ1) is 62.0. The van der Waals surface area contributed by atoms with Crippen LogP contribution in [0.5, 0.6) is 0 Å². The molecule has 0 amide bonds. The van der Waals surface area contributed by atoms with Crippen LogP contribution in [0.2, 0.25) is 0 Å². The first-order valence-electron chi connectivity index (χ1n) is 27.3. The van der Waals surface area contributed by atoms with Crippen molar-refractivity contribution >= 4 is 19.8 Å². The molecule has 0 aromatic heterocycles. The number of ether oxygens (including phenoxy) is 2. The quantitative estimate of drug-likeness (QED) is 0.0278. The van der Waals surface area contributed by atoms with Crippen molar-refractivity contribution in [1.82, 2.24) is 0 Å². The minimum Gasteiger partial charge on any atom is -0.462 e. The smallest absolute Gasteiger partial charge is 0.462 e. The van der Waals surface area contributed by atoms with Crippen LogP contribution in [0.15, 0.2) is 0 Å². The number of carbonyl (C=O) groups is 2. The van der Waals surface area contributed by atoms with E-state index in [2.05, 4.69) is 13.8 Å². The Bertz CT molecular complexity index is 1040. The molecule has 2 unspecified atom stereocenters. The van der Waals surface area contributed by atoms with Crippen molar-refractivity contribution in [2.75, 3.05) is 47.5 Å². The molecule has 0 aliphatic carbocycles. The molecule has 0 fully saturated rings. The van der Waals surface area contributed by atoms with E-state index < -0.39 is 26.5 Å². The van der Waals surface area contributed by atoms with E-state index in [0.29, 0.717) is 17.4 Å². The third-order valence-corrected chi connectivity index (χ3v) is 13.4. The summed E-state index contributed by atoms with van der Waals surface area (Å²) in [6, 6.07) is 0. The molecule has 2 atom stereocenters. The van der Waals surface area contributed by atoms with Gasteiger partial charge in [-0.25, -0.2) is 4.57 Å². The van der Waals surface area contributed by atoms with Crippen LogP contribution in [0.3, 0.4) is 0 Å². The summed E-state index contributed by atoms with van der Waals surface area (Å²) in [5.74, 6) is -0.775. The second-order valence-corrected chi connectivity index (χ2v) is 21.4. The predicted molar refractivity (Wildman–Crippen MR) is 266 cm³/mol. The molecule has 0 rings (SSSR count). The maximum absolute atomic E-state index is 12.8. The predicted octanol–water partition coefficient (Wildman–Crippen LogP) is 16.3. The second kappa shape index (κ2) is 46.1. The van der Waals surface area contributed by atoms with Crippen molar-refractivity contribution in [3.05, 3.63) is 0 Å². The van der Waals surface area contributed by atoms with Gasteiger partial charge >= 0.3 is 19.8 Å². The van der Waals surface area contributed by atoms with Gasteiger partial charge in [0.25, 0.3) is 0 Å². The molecule has 10 heteroatoms. The lowest BCUT2D eigenvalue weighted by Gasteiger charge is -2.24. The maximum Gasteiger partial charge on any atom is 0.472 e. The number of hydrogen-bond donors (Lipinski definition) is 1. The zero-order valence-electron chi connectivity index (χ0n) is 42.6. The van der Waals surface area contributed by atoms with Crippen molar-refractivity contribution in [3.63, 3.8) is 0 Å². The fourth-order valence-electron chi connectivity index (χ4n) is 8.14. The van der Waals surface area contributed by atoms with Gasteiger partial charge in [-0.05, 0) is 12.8 Å². The number of quaternary nitrogens is 1. The van der Waals surface area contributed by atoms with E-state index in [4.69, 9.17) is 18.5 Å². The Labute approximate surface area is 391 Å². The van der Waals surface area contributed by atoms with Crippen LogP contribution in [0.1, 0.15) is 277 Å². The van der Waals surface area contributed by atoms with E-state index in [-0.39, 0.29) is 25.6 Å². The van der Waals surface area contributed by atoms with Crippen molar-refractivity contribution in [3.8, 4) is 0 Å². The fraction of sp³-hybridized carbons (Fsp3) is 0.962. The lowest BCUT2D eigenvalue weighted by molar-refractivity contribution is -0.870. The summed E-state index contributed by atoms with van der Waals surface area (Å²) in [6.45, 7) is 4.50. The lowest BCUT2D eigenvalue weighted by Crippen LogP contribution is -2.37. The minimum absolute atomic E-state index is 0.0373. The summed E-state index contributed by atoms with van der Waals surface area (Å²) in [7, 11) is 1.50. The second-order valence-electron chi connectivity index (χ2n) is 20.0. The monoisotopic (exact) mass is 917 g/mol. The van der Waals surface area contributed by atoms with Crippen molar-refractivity contribution in [2.45, 2.75) is 283 Å². The number of likely N-dealkylation sites (N-methyl/N-ethyl adjacent to an activating group) is 1. The summed E-state index contributed by atoms with van der Waals surface area (Å²) in [6.07, 6.45) is 50.1. The number of nitrogens with zero attached hydrogens (tertiary/aromatic N) is 1. The number of esters is 2. The summed E-state index contributed by atoms with van der Waals surface area (Å²) >= 11 is 0. The molecule has 0 spiro atoms. The van der Waals surface area contributed by atoms with Crippen LogP contribution < -0.4 is 0 Å². The van der Waals surface area contributed by atoms with Gasteiger partial charge in [-0.3, -0.25) is 18.6 Å². The highest BCUT2D eigenvalue weighted by atomic mass is 31.2. The van der Waals surface area contributed by atoms with Crippen LogP contribution in [0.4, 0.5) is 0 Å². The highest BCUT2D eigenvalue weighted by Gasteiger charge is 2.27.